The lowest BCUT2D eigenvalue weighted by Gasteiger charge is -2.36. The van der Waals surface area contributed by atoms with Crippen LogP contribution in [0.1, 0.15) is 38.2 Å². The summed E-state index contributed by atoms with van der Waals surface area (Å²) in [4.78, 5) is 11.6. The molecule has 1 aliphatic rings. The van der Waals surface area contributed by atoms with Crippen molar-refractivity contribution >= 4 is 18.3 Å². The van der Waals surface area contributed by atoms with Crippen molar-refractivity contribution in [2.24, 2.45) is 0 Å². The van der Waals surface area contributed by atoms with Crippen LogP contribution >= 0.6 is 12.4 Å². The highest BCUT2D eigenvalue weighted by Crippen LogP contribution is 2.19. The van der Waals surface area contributed by atoms with Gasteiger partial charge in [0.15, 0.2) is 0 Å². The zero-order valence-corrected chi connectivity index (χ0v) is 17.5. The highest BCUT2D eigenvalue weighted by atomic mass is 35.5. The summed E-state index contributed by atoms with van der Waals surface area (Å²) < 4.78 is 32.8. The van der Waals surface area contributed by atoms with E-state index in [1.807, 2.05) is 6.08 Å². The van der Waals surface area contributed by atoms with E-state index in [0.717, 1.165) is 25.3 Å². The maximum atomic E-state index is 13.5. The van der Waals surface area contributed by atoms with E-state index in [4.69, 9.17) is 4.74 Å². The number of halogens is 3. The molecule has 1 aromatic rings. The third kappa shape index (κ3) is 8.78. The molecule has 2 rings (SSSR count). The maximum absolute atomic E-state index is 13.5. The predicted molar refractivity (Wildman–Crippen MR) is 111 cm³/mol. The van der Waals surface area contributed by atoms with Crippen molar-refractivity contribution in [1.29, 1.82) is 0 Å². The Morgan fingerprint density at radius 1 is 1.38 bits per heavy atom. The Kier molecular flexibility index (Phi) is 11.3. The fraction of sp³-hybridized carbons (Fsp3) is 0.571. The number of rotatable bonds is 10. The minimum absolute atomic E-state index is 0. The third-order valence-corrected chi connectivity index (χ3v) is 4.90. The smallest absolute Gasteiger partial charge is 0.217 e. The van der Waals surface area contributed by atoms with Crippen LogP contribution in [0.5, 0.6) is 0 Å². The number of amides is 1. The summed E-state index contributed by atoms with van der Waals surface area (Å²) in [7, 11) is 0. The average molecular weight is 433 g/mol. The second-order valence-corrected chi connectivity index (χ2v) is 7.30. The van der Waals surface area contributed by atoms with Crippen LogP contribution in [0.4, 0.5) is 8.78 Å². The molecule has 1 fully saturated rings. The molecule has 4 atom stereocenters. The highest BCUT2D eigenvalue weighted by Gasteiger charge is 2.32. The number of unbranched alkanes of at least 4 members (excludes halogenated alkanes) is 1. The summed E-state index contributed by atoms with van der Waals surface area (Å²) >= 11 is 0. The molecule has 0 spiro atoms. The molecule has 1 heterocycles. The molecule has 0 unspecified atom stereocenters. The normalized spacial score (nSPS) is 21.0. The zero-order chi connectivity index (χ0) is 20.5. The Bertz CT molecular complexity index is 635. The number of hydrogen-bond donors (Lipinski definition) is 3. The van der Waals surface area contributed by atoms with E-state index in [1.54, 1.807) is 0 Å². The molecule has 29 heavy (non-hydrogen) atoms. The summed E-state index contributed by atoms with van der Waals surface area (Å²) in [6, 6.07) is 2.34. The lowest BCUT2D eigenvalue weighted by atomic mass is 9.90. The lowest BCUT2D eigenvalue weighted by Crippen LogP contribution is -2.56. The third-order valence-electron chi connectivity index (χ3n) is 4.90. The number of nitrogens with one attached hydrogen (secondary N) is 2. The van der Waals surface area contributed by atoms with E-state index < -0.39 is 23.8 Å². The van der Waals surface area contributed by atoms with Gasteiger partial charge in [-0.3, -0.25) is 4.79 Å². The Labute approximate surface area is 177 Å². The van der Waals surface area contributed by atoms with Crippen molar-refractivity contribution in [3.05, 3.63) is 48.1 Å². The summed E-state index contributed by atoms with van der Waals surface area (Å²) in [6.45, 7) is 6.32. The summed E-state index contributed by atoms with van der Waals surface area (Å²) in [6.07, 6.45) is 4.52. The van der Waals surface area contributed by atoms with Crippen molar-refractivity contribution in [2.45, 2.75) is 63.3 Å². The number of piperidine rings is 1. The molecule has 3 N–H and O–H groups in total. The number of hydrogen-bond acceptors (Lipinski definition) is 4. The Balaban J connectivity index is 0.00000420. The fourth-order valence-electron chi connectivity index (χ4n) is 3.55. The molecule has 0 saturated carbocycles. The molecule has 1 saturated heterocycles. The van der Waals surface area contributed by atoms with Crippen LogP contribution < -0.4 is 10.6 Å². The topological polar surface area (TPSA) is 70.6 Å². The van der Waals surface area contributed by atoms with E-state index in [1.165, 1.54) is 19.1 Å². The fourth-order valence-corrected chi connectivity index (χ4v) is 3.55. The number of ether oxygens (including phenoxy) is 1. The van der Waals surface area contributed by atoms with Crippen molar-refractivity contribution < 1.29 is 23.4 Å². The SMILES string of the molecule is C=CCCCO[C@@H]1CC[C@H]([C@@H](O)[C@H](Cc2cc(F)cc(F)c2)NC(C)=O)NC1.Cl. The molecular weight excluding hydrogens is 402 g/mol. The Morgan fingerprint density at radius 3 is 2.62 bits per heavy atom. The monoisotopic (exact) mass is 432 g/mol. The van der Waals surface area contributed by atoms with Crippen LogP contribution in [0.3, 0.4) is 0 Å². The maximum Gasteiger partial charge on any atom is 0.217 e. The molecule has 1 amide bonds. The van der Waals surface area contributed by atoms with Gasteiger partial charge in [0.1, 0.15) is 11.6 Å². The molecule has 164 valence electrons. The van der Waals surface area contributed by atoms with Crippen LogP contribution in [0, 0.1) is 11.6 Å². The zero-order valence-electron chi connectivity index (χ0n) is 16.7. The summed E-state index contributed by atoms with van der Waals surface area (Å²) in [5.41, 5.74) is 0.384. The molecule has 5 nitrogen and oxygen atoms in total. The largest absolute Gasteiger partial charge is 0.389 e. The molecule has 0 aromatic heterocycles. The van der Waals surface area contributed by atoms with Gasteiger partial charge in [-0.25, -0.2) is 8.78 Å². The van der Waals surface area contributed by atoms with Gasteiger partial charge in [0.05, 0.1) is 18.2 Å². The first-order chi connectivity index (χ1) is 13.4. The number of aliphatic hydroxyl groups is 1. The van der Waals surface area contributed by atoms with Crippen molar-refractivity contribution in [3.63, 3.8) is 0 Å². The van der Waals surface area contributed by atoms with E-state index >= 15 is 0 Å². The Hall–Kier alpha value is -1.54. The predicted octanol–water partition coefficient (Wildman–Crippen LogP) is 2.90. The van der Waals surface area contributed by atoms with Crippen molar-refractivity contribution in [2.75, 3.05) is 13.2 Å². The lowest BCUT2D eigenvalue weighted by molar-refractivity contribution is -0.120. The van der Waals surface area contributed by atoms with Gasteiger partial charge in [-0.2, -0.15) is 0 Å². The van der Waals surface area contributed by atoms with Gasteiger partial charge in [-0.05, 0) is 49.8 Å². The van der Waals surface area contributed by atoms with E-state index in [2.05, 4.69) is 17.2 Å². The summed E-state index contributed by atoms with van der Waals surface area (Å²) in [5, 5.41) is 16.8. The first kappa shape index (κ1) is 25.5. The standard InChI is InChI=1S/C21H30F2N2O3.ClH/c1-3-4-5-8-28-18-6-7-19(24-13-18)21(27)20(25-14(2)26)11-15-9-16(22)12-17(23)10-15;/h3,9-10,12,18-21,24,27H,1,4-8,11,13H2,2H3,(H,25,26);1H/t18-,19-,20+,21-;/m1./s1. The molecule has 0 radical (unpaired) electrons. The van der Waals surface area contributed by atoms with Crippen molar-refractivity contribution in [3.8, 4) is 0 Å². The van der Waals surface area contributed by atoms with E-state index in [0.29, 0.717) is 25.1 Å². The van der Waals surface area contributed by atoms with E-state index in [9.17, 15) is 18.7 Å². The van der Waals surface area contributed by atoms with E-state index in [-0.39, 0.29) is 36.9 Å². The van der Waals surface area contributed by atoms with Gasteiger partial charge in [0, 0.05) is 32.2 Å². The molecule has 0 bridgehead atoms. The minimum atomic E-state index is -0.892. The minimum Gasteiger partial charge on any atom is -0.389 e. The number of carbonyl (C=O) groups excluding carboxylic acids is 1. The number of allylic oxidation sites excluding steroid dienone is 1. The summed E-state index contributed by atoms with van der Waals surface area (Å²) in [5.74, 6) is -1.67. The van der Waals surface area contributed by atoms with Crippen LogP contribution in [0.2, 0.25) is 0 Å². The molecule has 1 aliphatic heterocycles. The average Bonchev–Trinajstić information content (AvgIpc) is 2.63. The van der Waals surface area contributed by atoms with Crippen LogP contribution in [0.25, 0.3) is 0 Å². The molecule has 1 aromatic carbocycles. The number of benzene rings is 1. The molecular formula is C21H31ClF2N2O3. The van der Waals surface area contributed by atoms with Crippen LogP contribution in [0.15, 0.2) is 30.9 Å². The second kappa shape index (κ2) is 12.9. The Morgan fingerprint density at radius 2 is 2.07 bits per heavy atom. The first-order valence-corrected chi connectivity index (χ1v) is 9.75. The quantitative estimate of drug-likeness (QED) is 0.393. The van der Waals surface area contributed by atoms with Gasteiger partial charge in [0.2, 0.25) is 5.91 Å². The van der Waals surface area contributed by atoms with Crippen LogP contribution in [-0.4, -0.2) is 48.5 Å². The number of carbonyl (C=O) groups is 1. The van der Waals surface area contributed by atoms with Gasteiger partial charge in [-0.1, -0.05) is 6.08 Å². The van der Waals surface area contributed by atoms with Crippen LogP contribution in [-0.2, 0) is 16.0 Å². The van der Waals surface area contributed by atoms with Crippen molar-refractivity contribution in [1.82, 2.24) is 10.6 Å². The second-order valence-electron chi connectivity index (χ2n) is 7.30. The first-order valence-electron chi connectivity index (χ1n) is 9.75. The van der Waals surface area contributed by atoms with Gasteiger partial charge in [0.25, 0.3) is 0 Å². The van der Waals surface area contributed by atoms with Gasteiger partial charge in [-0.15, -0.1) is 19.0 Å². The van der Waals surface area contributed by atoms with Gasteiger partial charge < -0.3 is 20.5 Å². The van der Waals surface area contributed by atoms with Gasteiger partial charge >= 0.3 is 0 Å². The molecule has 8 heteroatoms. The number of aliphatic hydroxyl groups excluding tert-OH is 1. The highest BCUT2D eigenvalue weighted by molar-refractivity contribution is 5.85. The molecule has 0 aliphatic carbocycles.